The molecule has 0 bridgehead atoms. The summed E-state index contributed by atoms with van der Waals surface area (Å²) >= 11 is 0. The molecule has 4 heteroatoms. The van der Waals surface area contributed by atoms with E-state index >= 15 is 0 Å². The van der Waals surface area contributed by atoms with Gasteiger partial charge < -0.3 is 5.32 Å². The highest BCUT2D eigenvalue weighted by molar-refractivity contribution is 5.84. The Bertz CT molecular complexity index is 796. The highest BCUT2D eigenvalue weighted by atomic mass is 15.0. The molecule has 0 saturated carbocycles. The normalized spacial score (nSPS) is 10.8. The van der Waals surface area contributed by atoms with Crippen LogP contribution in [0.3, 0.4) is 0 Å². The molecule has 0 radical (unpaired) electrons. The van der Waals surface area contributed by atoms with E-state index < -0.39 is 0 Å². The van der Waals surface area contributed by atoms with Crippen LogP contribution in [0.4, 0.5) is 5.82 Å². The minimum Gasteiger partial charge on any atom is -0.373 e. The summed E-state index contributed by atoms with van der Waals surface area (Å²) in [7, 11) is 1.89. The molecule has 4 nitrogen and oxygen atoms in total. The smallest absolute Gasteiger partial charge is 0.132 e. The first-order chi connectivity index (χ1) is 10.2. The summed E-state index contributed by atoms with van der Waals surface area (Å²) in [6.07, 6.45) is 2.63. The fourth-order valence-corrected chi connectivity index (χ4v) is 2.46. The zero-order chi connectivity index (χ0) is 14.8. The standard InChI is InChI=1S/C17H18N4/c1-4-15-20-16(11(2)17(18-3)21-15)13-8-7-12-6-5-9-19-14(12)10-13/h5-10H,4H2,1-3H3,(H,18,20,21). The van der Waals surface area contributed by atoms with E-state index in [1.54, 1.807) is 0 Å². The van der Waals surface area contributed by atoms with Gasteiger partial charge in [-0.2, -0.15) is 0 Å². The van der Waals surface area contributed by atoms with Gasteiger partial charge in [-0.3, -0.25) is 4.98 Å². The number of rotatable bonds is 3. The number of fused-ring (bicyclic) bond motifs is 1. The van der Waals surface area contributed by atoms with E-state index in [4.69, 9.17) is 4.98 Å². The quantitative estimate of drug-likeness (QED) is 0.795. The molecule has 106 valence electrons. The van der Waals surface area contributed by atoms with Crippen LogP contribution < -0.4 is 5.32 Å². The SMILES string of the molecule is CCc1nc(NC)c(C)c(-c2ccc3cccnc3c2)n1. The van der Waals surface area contributed by atoms with Gasteiger partial charge in [-0.05, 0) is 19.1 Å². The molecule has 0 aliphatic carbocycles. The van der Waals surface area contributed by atoms with Crippen LogP contribution in [0.5, 0.6) is 0 Å². The van der Waals surface area contributed by atoms with Gasteiger partial charge in [-0.1, -0.05) is 25.1 Å². The van der Waals surface area contributed by atoms with Gasteiger partial charge in [0.05, 0.1) is 11.2 Å². The van der Waals surface area contributed by atoms with E-state index in [0.29, 0.717) is 0 Å². The fraction of sp³-hybridized carbons (Fsp3) is 0.235. The third kappa shape index (κ3) is 2.44. The molecule has 0 aliphatic heterocycles. The maximum Gasteiger partial charge on any atom is 0.132 e. The number of aromatic nitrogens is 3. The van der Waals surface area contributed by atoms with Crippen molar-refractivity contribution in [2.75, 3.05) is 12.4 Å². The van der Waals surface area contributed by atoms with Crippen LogP contribution in [0.2, 0.25) is 0 Å². The molecule has 2 aromatic heterocycles. The van der Waals surface area contributed by atoms with Crippen molar-refractivity contribution in [1.29, 1.82) is 0 Å². The van der Waals surface area contributed by atoms with Gasteiger partial charge in [0, 0.05) is 36.2 Å². The van der Waals surface area contributed by atoms with Gasteiger partial charge in [0.1, 0.15) is 11.6 Å². The second kappa shape index (κ2) is 5.48. The fourth-order valence-electron chi connectivity index (χ4n) is 2.46. The van der Waals surface area contributed by atoms with Gasteiger partial charge in [-0.15, -0.1) is 0 Å². The molecule has 0 unspecified atom stereocenters. The van der Waals surface area contributed by atoms with Crippen molar-refractivity contribution in [2.24, 2.45) is 0 Å². The minimum atomic E-state index is 0.813. The average molecular weight is 278 g/mol. The van der Waals surface area contributed by atoms with Crippen molar-refractivity contribution < 1.29 is 0 Å². The third-order valence-electron chi connectivity index (χ3n) is 3.62. The Morgan fingerprint density at radius 3 is 2.76 bits per heavy atom. The second-order valence-electron chi connectivity index (χ2n) is 4.98. The Morgan fingerprint density at radius 1 is 1.14 bits per heavy atom. The highest BCUT2D eigenvalue weighted by Gasteiger charge is 2.11. The van der Waals surface area contributed by atoms with Crippen LogP contribution in [0.15, 0.2) is 36.5 Å². The number of anilines is 1. The van der Waals surface area contributed by atoms with E-state index in [-0.39, 0.29) is 0 Å². The molecule has 0 fully saturated rings. The number of hydrogen-bond donors (Lipinski definition) is 1. The van der Waals surface area contributed by atoms with Crippen molar-refractivity contribution in [3.63, 3.8) is 0 Å². The van der Waals surface area contributed by atoms with E-state index in [9.17, 15) is 0 Å². The van der Waals surface area contributed by atoms with Crippen molar-refractivity contribution in [2.45, 2.75) is 20.3 Å². The van der Waals surface area contributed by atoms with Crippen LogP contribution in [0, 0.1) is 6.92 Å². The van der Waals surface area contributed by atoms with Crippen molar-refractivity contribution >= 4 is 16.7 Å². The Labute approximate surface area is 124 Å². The van der Waals surface area contributed by atoms with Crippen molar-refractivity contribution in [1.82, 2.24) is 15.0 Å². The van der Waals surface area contributed by atoms with Crippen LogP contribution in [-0.2, 0) is 6.42 Å². The summed E-state index contributed by atoms with van der Waals surface area (Å²) in [6, 6.07) is 10.3. The molecule has 0 spiro atoms. The maximum absolute atomic E-state index is 4.70. The van der Waals surface area contributed by atoms with Gasteiger partial charge >= 0.3 is 0 Å². The summed E-state index contributed by atoms with van der Waals surface area (Å²) in [6.45, 7) is 4.11. The monoisotopic (exact) mass is 278 g/mol. The number of nitrogens with one attached hydrogen (secondary N) is 1. The molecule has 0 aliphatic rings. The molecule has 1 aromatic carbocycles. The largest absolute Gasteiger partial charge is 0.373 e. The molecular weight excluding hydrogens is 260 g/mol. The summed E-state index contributed by atoms with van der Waals surface area (Å²) in [5.41, 5.74) is 4.09. The average Bonchev–Trinajstić information content (AvgIpc) is 2.54. The number of hydrogen-bond acceptors (Lipinski definition) is 4. The Hall–Kier alpha value is -2.49. The molecule has 1 N–H and O–H groups in total. The number of aryl methyl sites for hydroxylation is 1. The molecule has 0 saturated heterocycles. The molecule has 3 aromatic rings. The predicted octanol–water partition coefficient (Wildman–Crippen LogP) is 3.60. The lowest BCUT2D eigenvalue weighted by atomic mass is 10.0. The predicted molar refractivity (Wildman–Crippen MR) is 86.4 cm³/mol. The Kier molecular flexibility index (Phi) is 3.52. The van der Waals surface area contributed by atoms with Gasteiger partial charge in [-0.25, -0.2) is 9.97 Å². The highest BCUT2D eigenvalue weighted by Crippen LogP contribution is 2.27. The van der Waals surface area contributed by atoms with E-state index in [1.165, 1.54) is 0 Å². The van der Waals surface area contributed by atoms with Crippen molar-refractivity contribution in [3.05, 3.63) is 47.9 Å². The van der Waals surface area contributed by atoms with Crippen LogP contribution >= 0.6 is 0 Å². The van der Waals surface area contributed by atoms with E-state index in [1.807, 2.05) is 26.2 Å². The molecular formula is C17H18N4. The number of pyridine rings is 1. The third-order valence-corrected chi connectivity index (χ3v) is 3.62. The lowest BCUT2D eigenvalue weighted by Crippen LogP contribution is -2.04. The molecule has 21 heavy (non-hydrogen) atoms. The maximum atomic E-state index is 4.70. The second-order valence-corrected chi connectivity index (χ2v) is 4.98. The Balaban J connectivity index is 2.21. The lowest BCUT2D eigenvalue weighted by Gasteiger charge is -2.12. The van der Waals surface area contributed by atoms with Gasteiger partial charge in [0.15, 0.2) is 0 Å². The molecule has 0 amide bonds. The van der Waals surface area contributed by atoms with E-state index in [0.717, 1.165) is 45.8 Å². The van der Waals surface area contributed by atoms with Crippen LogP contribution in [0.25, 0.3) is 22.2 Å². The zero-order valence-electron chi connectivity index (χ0n) is 12.5. The molecule has 2 heterocycles. The minimum absolute atomic E-state index is 0.813. The lowest BCUT2D eigenvalue weighted by molar-refractivity contribution is 0.936. The summed E-state index contributed by atoms with van der Waals surface area (Å²) < 4.78 is 0. The number of nitrogens with zero attached hydrogens (tertiary/aromatic N) is 3. The van der Waals surface area contributed by atoms with Gasteiger partial charge in [0.25, 0.3) is 0 Å². The first kappa shape index (κ1) is 13.5. The summed E-state index contributed by atoms with van der Waals surface area (Å²) in [5.74, 6) is 1.74. The van der Waals surface area contributed by atoms with Crippen LogP contribution in [0.1, 0.15) is 18.3 Å². The topological polar surface area (TPSA) is 50.7 Å². The summed E-state index contributed by atoms with van der Waals surface area (Å²) in [4.78, 5) is 13.6. The van der Waals surface area contributed by atoms with Crippen LogP contribution in [-0.4, -0.2) is 22.0 Å². The first-order valence-electron chi connectivity index (χ1n) is 7.13. The van der Waals surface area contributed by atoms with E-state index in [2.05, 4.69) is 46.5 Å². The molecule has 0 atom stereocenters. The number of benzene rings is 1. The summed E-state index contributed by atoms with van der Waals surface area (Å²) in [5, 5.41) is 4.29. The zero-order valence-corrected chi connectivity index (χ0v) is 12.5. The van der Waals surface area contributed by atoms with Gasteiger partial charge in [0.2, 0.25) is 0 Å². The van der Waals surface area contributed by atoms with Crippen molar-refractivity contribution in [3.8, 4) is 11.3 Å². The molecule has 3 rings (SSSR count). The Morgan fingerprint density at radius 2 is 2.00 bits per heavy atom. The first-order valence-corrected chi connectivity index (χ1v) is 7.13.